The van der Waals surface area contributed by atoms with Gasteiger partial charge in [-0.3, -0.25) is 4.79 Å². The highest BCUT2D eigenvalue weighted by molar-refractivity contribution is 8.00. The molecule has 6 nitrogen and oxygen atoms in total. The van der Waals surface area contributed by atoms with Crippen LogP contribution in [-0.4, -0.2) is 31.4 Å². The Hall–Kier alpha value is -1.89. The molecule has 0 spiro atoms. The van der Waals surface area contributed by atoms with Gasteiger partial charge in [0, 0.05) is 5.69 Å². The van der Waals surface area contributed by atoms with Crippen molar-refractivity contribution in [2.24, 2.45) is 0 Å². The zero-order valence-electron chi connectivity index (χ0n) is 15.0. The quantitative estimate of drug-likeness (QED) is 0.819. The molecule has 0 aliphatic heterocycles. The number of benzene rings is 1. The zero-order valence-corrected chi connectivity index (χ0v) is 15.8. The van der Waals surface area contributed by atoms with Crippen molar-refractivity contribution in [2.75, 3.05) is 5.32 Å². The number of anilines is 1. The lowest BCUT2D eigenvalue weighted by Gasteiger charge is -2.22. The first-order valence-corrected chi connectivity index (χ1v) is 9.75. The molecule has 1 aliphatic rings. The summed E-state index contributed by atoms with van der Waals surface area (Å²) in [5.74, 6) is -0.0323. The van der Waals surface area contributed by atoms with Crippen LogP contribution in [0.25, 0.3) is 0 Å². The van der Waals surface area contributed by atoms with Crippen LogP contribution in [0, 0.1) is 13.8 Å². The van der Waals surface area contributed by atoms with E-state index in [4.69, 9.17) is 0 Å². The summed E-state index contributed by atoms with van der Waals surface area (Å²) in [6.07, 6.45) is 5.95. The molecule has 1 aromatic carbocycles. The van der Waals surface area contributed by atoms with E-state index >= 15 is 0 Å². The lowest BCUT2D eigenvalue weighted by molar-refractivity contribution is -0.115. The molecular formula is C18H25N5OS. The molecule has 1 amide bonds. The highest BCUT2D eigenvalue weighted by Gasteiger charge is 2.24. The van der Waals surface area contributed by atoms with Crippen LogP contribution in [0.2, 0.25) is 0 Å². The Morgan fingerprint density at radius 1 is 1.28 bits per heavy atom. The molecule has 1 aliphatic carbocycles. The minimum atomic E-state index is -0.269. The average Bonchev–Trinajstić information content (AvgIpc) is 3.06. The Kier molecular flexibility index (Phi) is 5.73. The van der Waals surface area contributed by atoms with E-state index in [2.05, 4.69) is 26.9 Å². The van der Waals surface area contributed by atoms with Crippen molar-refractivity contribution in [1.29, 1.82) is 0 Å². The molecule has 134 valence electrons. The van der Waals surface area contributed by atoms with Gasteiger partial charge < -0.3 is 5.32 Å². The molecule has 7 heteroatoms. The van der Waals surface area contributed by atoms with Gasteiger partial charge in [-0.2, -0.15) is 0 Å². The molecule has 1 heterocycles. The van der Waals surface area contributed by atoms with Crippen LogP contribution in [0.1, 0.15) is 56.2 Å². The average molecular weight is 359 g/mol. The standard InChI is InChI=1S/C18H25N5OS/c1-12-9-10-16(13(2)11-12)19-17(24)14(3)25-18-20-21-22-23(18)15-7-5-4-6-8-15/h9-11,14-15H,4-8H2,1-3H3,(H,19,24). The third-order valence-electron chi connectivity index (χ3n) is 4.67. The summed E-state index contributed by atoms with van der Waals surface area (Å²) in [6.45, 7) is 5.94. The van der Waals surface area contributed by atoms with E-state index in [0.29, 0.717) is 6.04 Å². The summed E-state index contributed by atoms with van der Waals surface area (Å²) in [5.41, 5.74) is 3.11. The minimum Gasteiger partial charge on any atom is -0.325 e. The number of hydrogen-bond donors (Lipinski definition) is 1. The maximum Gasteiger partial charge on any atom is 0.237 e. The highest BCUT2D eigenvalue weighted by Crippen LogP contribution is 2.31. The lowest BCUT2D eigenvalue weighted by Crippen LogP contribution is -2.24. The van der Waals surface area contributed by atoms with Crippen LogP contribution in [-0.2, 0) is 4.79 Å². The van der Waals surface area contributed by atoms with E-state index in [1.54, 1.807) is 0 Å². The van der Waals surface area contributed by atoms with E-state index in [0.717, 1.165) is 29.2 Å². The Morgan fingerprint density at radius 3 is 2.76 bits per heavy atom. The molecule has 1 N–H and O–H groups in total. The number of amides is 1. The van der Waals surface area contributed by atoms with Crippen molar-refractivity contribution in [2.45, 2.75) is 69.3 Å². The monoisotopic (exact) mass is 359 g/mol. The number of carbonyl (C=O) groups excluding carboxylic acids is 1. The van der Waals surface area contributed by atoms with Crippen LogP contribution in [0.4, 0.5) is 5.69 Å². The molecule has 1 saturated carbocycles. The topological polar surface area (TPSA) is 72.7 Å². The Morgan fingerprint density at radius 2 is 2.04 bits per heavy atom. The van der Waals surface area contributed by atoms with Gasteiger partial charge in [-0.05, 0) is 55.7 Å². The van der Waals surface area contributed by atoms with Crippen LogP contribution in [0.3, 0.4) is 0 Å². The zero-order chi connectivity index (χ0) is 17.8. The molecule has 0 bridgehead atoms. The van der Waals surface area contributed by atoms with Crippen molar-refractivity contribution in [3.8, 4) is 0 Å². The molecule has 1 unspecified atom stereocenters. The van der Waals surface area contributed by atoms with Gasteiger partial charge in [0.15, 0.2) is 0 Å². The first kappa shape index (κ1) is 17.9. The predicted octanol–water partition coefficient (Wildman–Crippen LogP) is 3.91. The van der Waals surface area contributed by atoms with Crippen molar-refractivity contribution in [3.05, 3.63) is 29.3 Å². The largest absolute Gasteiger partial charge is 0.325 e. The number of tetrazole rings is 1. The number of aryl methyl sites for hydroxylation is 2. The number of thioether (sulfide) groups is 1. The van der Waals surface area contributed by atoms with Crippen LogP contribution < -0.4 is 5.32 Å². The molecule has 0 saturated heterocycles. The van der Waals surface area contributed by atoms with Gasteiger partial charge in [0.25, 0.3) is 0 Å². The van der Waals surface area contributed by atoms with Gasteiger partial charge >= 0.3 is 0 Å². The fourth-order valence-corrected chi connectivity index (χ4v) is 4.08. The van der Waals surface area contributed by atoms with Crippen LogP contribution in [0.15, 0.2) is 23.4 Å². The fourth-order valence-electron chi connectivity index (χ4n) is 3.22. The van der Waals surface area contributed by atoms with E-state index in [1.807, 2.05) is 37.6 Å². The van der Waals surface area contributed by atoms with Gasteiger partial charge in [0.05, 0.1) is 11.3 Å². The molecule has 1 atom stereocenters. The summed E-state index contributed by atoms with van der Waals surface area (Å²) in [4.78, 5) is 12.6. The SMILES string of the molecule is Cc1ccc(NC(=O)C(C)Sc2nnnn2C2CCCCC2)c(C)c1. The highest BCUT2D eigenvalue weighted by atomic mass is 32.2. The van der Waals surface area contributed by atoms with E-state index in [-0.39, 0.29) is 11.2 Å². The van der Waals surface area contributed by atoms with E-state index < -0.39 is 0 Å². The number of rotatable bonds is 5. The molecule has 1 aromatic heterocycles. The van der Waals surface area contributed by atoms with Gasteiger partial charge in [-0.15, -0.1) is 5.10 Å². The maximum atomic E-state index is 12.6. The molecule has 3 rings (SSSR count). The van der Waals surface area contributed by atoms with E-state index in [9.17, 15) is 4.79 Å². The van der Waals surface area contributed by atoms with Crippen molar-refractivity contribution < 1.29 is 4.79 Å². The summed E-state index contributed by atoms with van der Waals surface area (Å²) < 4.78 is 1.91. The minimum absolute atomic E-state index is 0.0323. The normalized spacial score (nSPS) is 16.6. The summed E-state index contributed by atoms with van der Waals surface area (Å²) in [5, 5.41) is 15.6. The third kappa shape index (κ3) is 4.39. The Bertz CT molecular complexity index is 739. The van der Waals surface area contributed by atoms with Gasteiger partial charge in [0.1, 0.15) is 0 Å². The second-order valence-corrected chi connectivity index (χ2v) is 8.07. The van der Waals surface area contributed by atoms with Crippen LogP contribution in [0.5, 0.6) is 0 Å². The Labute approximate surface area is 152 Å². The number of nitrogens with zero attached hydrogens (tertiary/aromatic N) is 4. The maximum absolute atomic E-state index is 12.6. The summed E-state index contributed by atoms with van der Waals surface area (Å²) in [7, 11) is 0. The number of carbonyl (C=O) groups is 1. The second-order valence-electron chi connectivity index (χ2n) is 6.77. The molecule has 25 heavy (non-hydrogen) atoms. The number of hydrogen-bond acceptors (Lipinski definition) is 5. The second kappa shape index (κ2) is 7.99. The molecule has 2 aromatic rings. The first-order valence-electron chi connectivity index (χ1n) is 8.87. The number of nitrogens with one attached hydrogen (secondary N) is 1. The van der Waals surface area contributed by atoms with Crippen LogP contribution >= 0.6 is 11.8 Å². The number of aromatic nitrogens is 4. The fraction of sp³-hybridized carbons (Fsp3) is 0.556. The van der Waals surface area contributed by atoms with Crippen molar-refractivity contribution >= 4 is 23.4 Å². The third-order valence-corrected chi connectivity index (χ3v) is 5.72. The predicted molar refractivity (Wildman–Crippen MR) is 99.8 cm³/mol. The lowest BCUT2D eigenvalue weighted by atomic mass is 9.96. The Balaban J connectivity index is 1.65. The molecular weight excluding hydrogens is 334 g/mol. The molecule has 0 radical (unpaired) electrons. The van der Waals surface area contributed by atoms with Crippen molar-refractivity contribution in [3.63, 3.8) is 0 Å². The van der Waals surface area contributed by atoms with Gasteiger partial charge in [0.2, 0.25) is 11.1 Å². The first-order chi connectivity index (χ1) is 12.0. The summed E-state index contributed by atoms with van der Waals surface area (Å²) >= 11 is 1.42. The van der Waals surface area contributed by atoms with Gasteiger partial charge in [-0.25, -0.2) is 4.68 Å². The smallest absolute Gasteiger partial charge is 0.237 e. The van der Waals surface area contributed by atoms with Gasteiger partial charge in [-0.1, -0.05) is 48.7 Å². The van der Waals surface area contributed by atoms with E-state index in [1.165, 1.54) is 36.6 Å². The summed E-state index contributed by atoms with van der Waals surface area (Å²) in [6, 6.07) is 6.38. The van der Waals surface area contributed by atoms with Crippen molar-refractivity contribution in [1.82, 2.24) is 20.2 Å². The molecule has 1 fully saturated rings.